The third-order valence-electron chi connectivity index (χ3n) is 4.75. The highest BCUT2D eigenvalue weighted by atomic mass is 35.5. The Hall–Kier alpha value is -2.33. The van der Waals surface area contributed by atoms with Crippen molar-refractivity contribution in [1.82, 2.24) is 9.80 Å². The first-order valence-corrected chi connectivity index (χ1v) is 9.34. The fourth-order valence-corrected chi connectivity index (χ4v) is 3.38. The second-order valence-electron chi connectivity index (χ2n) is 6.52. The van der Waals surface area contributed by atoms with Crippen molar-refractivity contribution >= 4 is 23.4 Å². The Morgan fingerprint density at radius 2 is 1.38 bits per heavy atom. The predicted octanol–water partition coefficient (Wildman–Crippen LogP) is 3.19. The number of aryl methyl sites for hydroxylation is 1. The number of nitrogens with zero attached hydrogens (tertiary/aromatic N) is 2. The second kappa shape index (κ2) is 8.86. The molecule has 1 heterocycles. The van der Waals surface area contributed by atoms with E-state index in [2.05, 4.69) is 0 Å². The minimum atomic E-state index is 0.0643. The van der Waals surface area contributed by atoms with Crippen molar-refractivity contribution in [3.05, 3.63) is 70.7 Å². The van der Waals surface area contributed by atoms with E-state index in [0.717, 1.165) is 12.0 Å². The molecule has 0 radical (unpaired) electrons. The number of carbonyl (C=O) groups is 2. The number of hydrogen-bond acceptors (Lipinski definition) is 2. The minimum Gasteiger partial charge on any atom is -0.339 e. The molecule has 136 valence electrons. The first kappa shape index (κ1) is 18.5. The topological polar surface area (TPSA) is 40.6 Å². The predicted molar refractivity (Wildman–Crippen MR) is 103 cm³/mol. The maximum Gasteiger partial charge on any atom is 0.227 e. The zero-order valence-corrected chi connectivity index (χ0v) is 15.5. The number of rotatable bonds is 5. The van der Waals surface area contributed by atoms with Gasteiger partial charge in [0.1, 0.15) is 0 Å². The molecule has 0 spiro atoms. The van der Waals surface area contributed by atoms with Crippen molar-refractivity contribution < 1.29 is 9.59 Å². The second-order valence-corrected chi connectivity index (χ2v) is 6.92. The summed E-state index contributed by atoms with van der Waals surface area (Å²) in [6.07, 6.45) is 1.57. The summed E-state index contributed by atoms with van der Waals surface area (Å²) in [5.74, 6) is 0.224. The van der Waals surface area contributed by atoms with Gasteiger partial charge in [0.05, 0.1) is 6.42 Å². The van der Waals surface area contributed by atoms with E-state index in [1.807, 2.05) is 58.3 Å². The molecule has 0 N–H and O–H groups in total. The van der Waals surface area contributed by atoms with Gasteiger partial charge in [-0.1, -0.05) is 60.1 Å². The molecule has 4 nitrogen and oxygen atoms in total. The number of amides is 2. The molecule has 0 unspecified atom stereocenters. The van der Waals surface area contributed by atoms with Gasteiger partial charge >= 0.3 is 0 Å². The fourth-order valence-electron chi connectivity index (χ4n) is 3.18. The van der Waals surface area contributed by atoms with Crippen LogP contribution in [-0.2, 0) is 22.4 Å². The van der Waals surface area contributed by atoms with Gasteiger partial charge in [0.25, 0.3) is 0 Å². The summed E-state index contributed by atoms with van der Waals surface area (Å²) < 4.78 is 0. The van der Waals surface area contributed by atoms with Crippen LogP contribution in [0.5, 0.6) is 0 Å². The van der Waals surface area contributed by atoms with Gasteiger partial charge in [0.15, 0.2) is 0 Å². The average molecular weight is 371 g/mol. The lowest BCUT2D eigenvalue weighted by molar-refractivity contribution is -0.139. The van der Waals surface area contributed by atoms with Crippen LogP contribution in [0.2, 0.25) is 5.02 Å². The van der Waals surface area contributed by atoms with Crippen LogP contribution in [0.3, 0.4) is 0 Å². The molecule has 0 bridgehead atoms. The summed E-state index contributed by atoms with van der Waals surface area (Å²) in [5, 5.41) is 0.621. The molecule has 0 atom stereocenters. The molecule has 2 amide bonds. The molecule has 1 fully saturated rings. The zero-order chi connectivity index (χ0) is 18.4. The maximum absolute atomic E-state index is 12.5. The van der Waals surface area contributed by atoms with Crippen molar-refractivity contribution in [2.24, 2.45) is 0 Å². The molecule has 1 saturated heterocycles. The van der Waals surface area contributed by atoms with Crippen LogP contribution >= 0.6 is 11.6 Å². The lowest BCUT2D eigenvalue weighted by Crippen LogP contribution is -2.51. The molecule has 0 aliphatic carbocycles. The molecular formula is C21H23ClN2O2. The molecule has 5 heteroatoms. The molecule has 0 saturated carbocycles. The van der Waals surface area contributed by atoms with Gasteiger partial charge in [-0.2, -0.15) is 0 Å². The van der Waals surface area contributed by atoms with Gasteiger partial charge in [-0.3, -0.25) is 9.59 Å². The van der Waals surface area contributed by atoms with Gasteiger partial charge in [0, 0.05) is 37.6 Å². The average Bonchev–Trinajstić information content (AvgIpc) is 2.69. The Kier molecular flexibility index (Phi) is 6.29. The van der Waals surface area contributed by atoms with Gasteiger partial charge in [-0.25, -0.2) is 0 Å². The van der Waals surface area contributed by atoms with Crippen LogP contribution in [0, 0.1) is 0 Å². The summed E-state index contributed by atoms with van der Waals surface area (Å²) in [7, 11) is 0. The van der Waals surface area contributed by atoms with Crippen LogP contribution in [0.25, 0.3) is 0 Å². The standard InChI is InChI=1S/C21H23ClN2O2/c22-19-9-5-4-8-18(19)16-21(26)24-14-12-23(13-15-24)20(25)11-10-17-6-2-1-3-7-17/h1-9H,10-16H2. The lowest BCUT2D eigenvalue weighted by Gasteiger charge is -2.35. The van der Waals surface area contributed by atoms with Crippen LogP contribution < -0.4 is 0 Å². The van der Waals surface area contributed by atoms with Crippen LogP contribution in [0.1, 0.15) is 17.5 Å². The van der Waals surface area contributed by atoms with E-state index in [4.69, 9.17) is 11.6 Å². The molecule has 1 aliphatic heterocycles. The van der Waals surface area contributed by atoms with Crippen molar-refractivity contribution in [2.45, 2.75) is 19.3 Å². The third-order valence-corrected chi connectivity index (χ3v) is 5.12. The zero-order valence-electron chi connectivity index (χ0n) is 14.7. The van der Waals surface area contributed by atoms with Gasteiger partial charge < -0.3 is 9.80 Å². The molecule has 3 rings (SSSR count). The summed E-state index contributed by atoms with van der Waals surface area (Å²) in [6, 6.07) is 17.5. The molecule has 2 aromatic rings. The van der Waals surface area contributed by atoms with E-state index in [9.17, 15) is 9.59 Å². The van der Waals surface area contributed by atoms with Gasteiger partial charge in [-0.05, 0) is 23.6 Å². The number of carbonyl (C=O) groups excluding carboxylic acids is 2. The van der Waals surface area contributed by atoms with E-state index in [1.54, 1.807) is 6.07 Å². The van der Waals surface area contributed by atoms with Gasteiger partial charge in [0.2, 0.25) is 11.8 Å². The summed E-state index contributed by atoms with van der Waals surface area (Å²) >= 11 is 6.13. The van der Waals surface area contributed by atoms with Gasteiger partial charge in [-0.15, -0.1) is 0 Å². The van der Waals surface area contributed by atoms with Crippen LogP contribution in [-0.4, -0.2) is 47.8 Å². The van der Waals surface area contributed by atoms with Crippen molar-refractivity contribution in [3.8, 4) is 0 Å². The minimum absolute atomic E-state index is 0.0643. The highest BCUT2D eigenvalue weighted by molar-refractivity contribution is 6.31. The highest BCUT2D eigenvalue weighted by Crippen LogP contribution is 2.17. The van der Waals surface area contributed by atoms with E-state index >= 15 is 0 Å². The Labute approximate surface area is 159 Å². The third kappa shape index (κ3) is 4.85. The Bertz CT molecular complexity index is 756. The van der Waals surface area contributed by atoms with Crippen molar-refractivity contribution in [3.63, 3.8) is 0 Å². The summed E-state index contributed by atoms with van der Waals surface area (Å²) in [6.45, 7) is 2.37. The molecular weight excluding hydrogens is 348 g/mol. The lowest BCUT2D eigenvalue weighted by atomic mass is 10.1. The summed E-state index contributed by atoms with van der Waals surface area (Å²) in [5.41, 5.74) is 2.02. The number of benzene rings is 2. The van der Waals surface area contributed by atoms with E-state index < -0.39 is 0 Å². The van der Waals surface area contributed by atoms with E-state index in [-0.39, 0.29) is 11.8 Å². The van der Waals surface area contributed by atoms with E-state index in [0.29, 0.717) is 44.0 Å². The van der Waals surface area contributed by atoms with Crippen molar-refractivity contribution in [2.75, 3.05) is 26.2 Å². The first-order valence-electron chi connectivity index (χ1n) is 8.96. The molecule has 2 aromatic carbocycles. The maximum atomic E-state index is 12.5. The molecule has 0 aromatic heterocycles. The number of piperazine rings is 1. The monoisotopic (exact) mass is 370 g/mol. The highest BCUT2D eigenvalue weighted by Gasteiger charge is 2.24. The normalized spacial score (nSPS) is 14.3. The summed E-state index contributed by atoms with van der Waals surface area (Å²) in [4.78, 5) is 28.5. The Morgan fingerprint density at radius 3 is 2.04 bits per heavy atom. The fraction of sp³-hybridized carbons (Fsp3) is 0.333. The largest absolute Gasteiger partial charge is 0.339 e. The van der Waals surface area contributed by atoms with Crippen molar-refractivity contribution in [1.29, 1.82) is 0 Å². The SMILES string of the molecule is O=C(CCc1ccccc1)N1CCN(C(=O)Cc2ccccc2Cl)CC1. The quantitative estimate of drug-likeness (QED) is 0.811. The van der Waals surface area contributed by atoms with Crippen LogP contribution in [0.4, 0.5) is 0 Å². The number of hydrogen-bond donors (Lipinski definition) is 0. The Morgan fingerprint density at radius 1 is 0.808 bits per heavy atom. The number of halogens is 1. The molecule has 1 aliphatic rings. The van der Waals surface area contributed by atoms with E-state index in [1.165, 1.54) is 5.56 Å². The molecule has 26 heavy (non-hydrogen) atoms. The Balaban J connectivity index is 1.45. The smallest absolute Gasteiger partial charge is 0.227 e. The van der Waals surface area contributed by atoms with Crippen LogP contribution in [0.15, 0.2) is 54.6 Å². The first-order chi connectivity index (χ1) is 12.6.